The quantitative estimate of drug-likeness (QED) is 0.247. The number of hydrogen-bond donors (Lipinski definition) is 0. The van der Waals surface area contributed by atoms with Crippen molar-refractivity contribution in [3.63, 3.8) is 0 Å². The fraction of sp³-hybridized carbons (Fsp3) is 0.0625. The summed E-state index contributed by atoms with van der Waals surface area (Å²) in [6.07, 6.45) is 2.09. The van der Waals surface area contributed by atoms with E-state index in [1.165, 1.54) is 5.56 Å². The van der Waals surface area contributed by atoms with E-state index in [9.17, 15) is 0 Å². The predicted octanol–water partition coefficient (Wildman–Crippen LogP) is 7.13. The molecular formula is C32H23N4O+. The van der Waals surface area contributed by atoms with E-state index in [2.05, 4.69) is 113 Å². The number of aryl methyl sites for hydroxylation is 2. The summed E-state index contributed by atoms with van der Waals surface area (Å²) in [5.74, 6) is 0.873. The summed E-state index contributed by atoms with van der Waals surface area (Å²) in [6, 6.07) is 33.7. The first-order valence-corrected chi connectivity index (χ1v) is 12.5. The molecule has 0 N–H and O–H groups in total. The Hall–Kier alpha value is -4.90. The third kappa shape index (κ3) is 2.68. The first-order valence-electron chi connectivity index (χ1n) is 12.5. The van der Waals surface area contributed by atoms with Crippen LogP contribution in [0.5, 0.6) is 0 Å². The van der Waals surface area contributed by atoms with Crippen molar-refractivity contribution in [2.45, 2.75) is 6.92 Å². The van der Waals surface area contributed by atoms with E-state index in [0.717, 1.165) is 66.7 Å². The topological polar surface area (TPSA) is 39.2 Å². The van der Waals surface area contributed by atoms with Crippen molar-refractivity contribution in [2.75, 3.05) is 0 Å². The number of hydrogen-bond acceptors (Lipinski definition) is 2. The van der Waals surface area contributed by atoms with Crippen molar-refractivity contribution in [2.24, 2.45) is 7.05 Å². The van der Waals surface area contributed by atoms with Crippen molar-refractivity contribution >= 4 is 49.8 Å². The van der Waals surface area contributed by atoms with Gasteiger partial charge in [0.25, 0.3) is 0 Å². The van der Waals surface area contributed by atoms with Gasteiger partial charge < -0.3 is 4.42 Å². The van der Waals surface area contributed by atoms with E-state index in [1.54, 1.807) is 0 Å². The van der Waals surface area contributed by atoms with Gasteiger partial charge in [-0.05, 0) is 55.0 Å². The largest absolute Gasteiger partial charge is 0.454 e. The molecule has 0 aliphatic carbocycles. The second-order valence-electron chi connectivity index (χ2n) is 9.65. The van der Waals surface area contributed by atoms with Gasteiger partial charge in [-0.25, -0.2) is 9.55 Å². The van der Waals surface area contributed by atoms with Gasteiger partial charge in [0, 0.05) is 22.9 Å². The van der Waals surface area contributed by atoms with E-state index >= 15 is 0 Å². The highest BCUT2D eigenvalue weighted by atomic mass is 16.3. The average Bonchev–Trinajstić information content (AvgIpc) is 3.58. The Bertz CT molecular complexity index is 2180. The molecule has 0 unspecified atom stereocenters. The number of fused-ring (bicyclic) bond motifs is 9. The maximum Gasteiger partial charge on any atom is 0.220 e. The fourth-order valence-corrected chi connectivity index (χ4v) is 5.85. The van der Waals surface area contributed by atoms with Crippen LogP contribution < -0.4 is 4.57 Å². The maximum atomic E-state index is 6.56. The molecule has 0 aliphatic heterocycles. The molecule has 0 spiro atoms. The second-order valence-corrected chi connectivity index (χ2v) is 9.65. The van der Waals surface area contributed by atoms with Gasteiger partial charge in [0.15, 0.2) is 11.8 Å². The molecule has 0 saturated heterocycles. The number of pyridine rings is 1. The summed E-state index contributed by atoms with van der Waals surface area (Å²) >= 11 is 0. The number of furan rings is 1. The molecule has 0 aliphatic rings. The highest BCUT2D eigenvalue weighted by Gasteiger charge is 2.25. The van der Waals surface area contributed by atoms with E-state index in [0.29, 0.717) is 0 Å². The first kappa shape index (κ1) is 20.3. The van der Waals surface area contributed by atoms with Gasteiger partial charge in [-0.2, -0.15) is 0 Å². The van der Waals surface area contributed by atoms with Gasteiger partial charge in [0.2, 0.25) is 11.5 Å². The fourth-order valence-electron chi connectivity index (χ4n) is 5.85. The molecule has 4 heterocycles. The molecule has 0 radical (unpaired) electrons. The van der Waals surface area contributed by atoms with Crippen LogP contribution in [0.1, 0.15) is 5.56 Å². The zero-order chi connectivity index (χ0) is 24.7. The second kappa shape index (κ2) is 7.31. The highest BCUT2D eigenvalue weighted by molar-refractivity contribution is 6.16. The number of para-hydroxylation sites is 4. The van der Waals surface area contributed by atoms with Crippen molar-refractivity contribution in [1.82, 2.24) is 14.0 Å². The van der Waals surface area contributed by atoms with Crippen LogP contribution in [0.3, 0.4) is 0 Å². The van der Waals surface area contributed by atoms with Crippen LogP contribution in [0.25, 0.3) is 66.7 Å². The molecule has 5 heteroatoms. The average molecular weight is 480 g/mol. The van der Waals surface area contributed by atoms with Gasteiger partial charge in [-0.3, -0.25) is 8.97 Å². The monoisotopic (exact) mass is 479 g/mol. The zero-order valence-electron chi connectivity index (χ0n) is 20.5. The van der Waals surface area contributed by atoms with Gasteiger partial charge in [-0.15, -0.1) is 0 Å². The van der Waals surface area contributed by atoms with Crippen molar-refractivity contribution in [1.29, 1.82) is 0 Å². The summed E-state index contributed by atoms with van der Waals surface area (Å²) in [4.78, 5) is 5.17. The van der Waals surface area contributed by atoms with E-state index in [-0.39, 0.29) is 0 Å². The van der Waals surface area contributed by atoms with Gasteiger partial charge in [0.05, 0.1) is 27.8 Å². The maximum absolute atomic E-state index is 6.56. The van der Waals surface area contributed by atoms with Crippen LogP contribution in [0, 0.1) is 6.92 Å². The van der Waals surface area contributed by atoms with Crippen LogP contribution in [-0.2, 0) is 7.05 Å². The van der Waals surface area contributed by atoms with E-state index < -0.39 is 0 Å². The highest BCUT2D eigenvalue weighted by Crippen LogP contribution is 2.41. The molecule has 4 aromatic heterocycles. The Labute approximate surface area is 212 Å². The number of rotatable bonds is 2. The smallest absolute Gasteiger partial charge is 0.220 e. The van der Waals surface area contributed by atoms with Crippen molar-refractivity contribution in [3.05, 3.63) is 109 Å². The molecule has 37 heavy (non-hydrogen) atoms. The molecule has 0 atom stereocenters. The molecule has 8 aromatic rings. The Morgan fingerprint density at radius 3 is 2.49 bits per heavy atom. The normalized spacial score (nSPS) is 12.1. The summed E-state index contributed by atoms with van der Waals surface area (Å²) in [5.41, 5.74) is 10.5. The Morgan fingerprint density at radius 1 is 0.784 bits per heavy atom. The third-order valence-electron chi connectivity index (χ3n) is 7.47. The Morgan fingerprint density at radius 2 is 1.57 bits per heavy atom. The summed E-state index contributed by atoms with van der Waals surface area (Å²) in [5, 5.41) is 2.25. The van der Waals surface area contributed by atoms with Gasteiger partial charge in [-0.1, -0.05) is 42.5 Å². The molecule has 176 valence electrons. The molecule has 8 rings (SSSR count). The van der Waals surface area contributed by atoms with Crippen LogP contribution in [0.2, 0.25) is 0 Å². The van der Waals surface area contributed by atoms with Gasteiger partial charge >= 0.3 is 0 Å². The lowest BCUT2D eigenvalue weighted by Gasteiger charge is -2.12. The molecule has 0 bridgehead atoms. The lowest BCUT2D eigenvalue weighted by molar-refractivity contribution is -0.660. The summed E-state index contributed by atoms with van der Waals surface area (Å²) in [6.45, 7) is 2.19. The lowest BCUT2D eigenvalue weighted by atomic mass is 10.1. The van der Waals surface area contributed by atoms with Crippen LogP contribution in [-0.4, -0.2) is 14.0 Å². The lowest BCUT2D eigenvalue weighted by Crippen LogP contribution is -2.30. The minimum atomic E-state index is 0.873. The van der Waals surface area contributed by atoms with Crippen molar-refractivity contribution < 1.29 is 8.98 Å². The molecule has 0 saturated carbocycles. The summed E-state index contributed by atoms with van der Waals surface area (Å²) < 4.78 is 13.3. The van der Waals surface area contributed by atoms with E-state index in [1.807, 2.05) is 18.2 Å². The van der Waals surface area contributed by atoms with Crippen LogP contribution >= 0.6 is 0 Å². The first-order chi connectivity index (χ1) is 18.2. The zero-order valence-corrected chi connectivity index (χ0v) is 20.5. The number of benzene rings is 4. The SMILES string of the molecule is Cc1cc2c3ccccc3oc2c2c1n(-c1ccccc1-c1cccc[n+]1C)c1nc3ccccc3n21. The molecule has 0 amide bonds. The summed E-state index contributed by atoms with van der Waals surface area (Å²) in [7, 11) is 2.09. The number of imidazole rings is 2. The number of aromatic nitrogens is 4. The standard InChI is InChI=1S/C32H23N4O/c1-20-19-23-21-11-4-8-17-28(21)37-31(23)30-29(20)35(32-33-24-13-5-7-16-27(24)36(30)32)26-15-6-3-12-22(26)25-14-9-10-18-34(25)2/h3-19H,1-2H3/q+1. The van der Waals surface area contributed by atoms with E-state index in [4.69, 9.17) is 9.40 Å². The minimum absolute atomic E-state index is 0.873. The van der Waals surface area contributed by atoms with Crippen LogP contribution in [0.4, 0.5) is 0 Å². The Kier molecular flexibility index (Phi) is 4.01. The molecule has 4 aromatic carbocycles. The minimum Gasteiger partial charge on any atom is -0.454 e. The van der Waals surface area contributed by atoms with Crippen molar-refractivity contribution in [3.8, 4) is 16.9 Å². The predicted molar refractivity (Wildman–Crippen MR) is 148 cm³/mol. The Balaban J connectivity index is 1.63. The third-order valence-corrected chi connectivity index (χ3v) is 7.47. The molecule has 5 nitrogen and oxygen atoms in total. The van der Waals surface area contributed by atoms with Gasteiger partial charge in [0.1, 0.15) is 18.1 Å². The molecule has 0 fully saturated rings. The number of nitrogens with zero attached hydrogens (tertiary/aromatic N) is 4. The molecular weight excluding hydrogens is 456 g/mol. The van der Waals surface area contributed by atoms with Crippen LogP contribution in [0.15, 0.2) is 108 Å².